The lowest BCUT2D eigenvalue weighted by molar-refractivity contribution is 0.102. The molecular formula is C12H14N4O3. The summed E-state index contributed by atoms with van der Waals surface area (Å²) in [5.74, 6) is 0.640. The lowest BCUT2D eigenvalue weighted by Gasteiger charge is -2.03. The molecule has 1 amide bonds. The fourth-order valence-corrected chi connectivity index (χ4v) is 1.42. The van der Waals surface area contributed by atoms with Crippen molar-refractivity contribution in [2.24, 2.45) is 0 Å². The van der Waals surface area contributed by atoms with Gasteiger partial charge in [-0.1, -0.05) is 0 Å². The lowest BCUT2D eigenvalue weighted by Crippen LogP contribution is -2.12. The molecule has 0 saturated heterocycles. The molecule has 0 aliphatic carbocycles. The second kappa shape index (κ2) is 5.85. The van der Waals surface area contributed by atoms with Crippen LogP contribution in [0.1, 0.15) is 17.3 Å². The fourth-order valence-electron chi connectivity index (χ4n) is 1.42. The summed E-state index contributed by atoms with van der Waals surface area (Å²) in [6, 6.07) is 6.94. The van der Waals surface area contributed by atoms with Crippen molar-refractivity contribution >= 4 is 11.9 Å². The standard InChI is InChI=1S/C12H14N4O3/c1-3-19-12-14-11(15-16-12)13-10(17)8-4-6-9(18-2)7-5-8/h4-7H,3H2,1-2H3,(H2,13,14,15,16,17). The van der Waals surface area contributed by atoms with Crippen LogP contribution in [0.5, 0.6) is 11.8 Å². The van der Waals surface area contributed by atoms with Crippen LogP contribution in [-0.4, -0.2) is 34.8 Å². The number of ether oxygens (including phenoxy) is 2. The summed E-state index contributed by atoms with van der Waals surface area (Å²) in [7, 11) is 1.57. The topological polar surface area (TPSA) is 89.1 Å². The van der Waals surface area contributed by atoms with E-state index in [0.717, 1.165) is 0 Å². The molecule has 0 atom stereocenters. The first-order valence-corrected chi connectivity index (χ1v) is 5.73. The van der Waals surface area contributed by atoms with Crippen molar-refractivity contribution in [2.45, 2.75) is 6.92 Å². The van der Waals surface area contributed by atoms with Crippen molar-refractivity contribution in [2.75, 3.05) is 19.0 Å². The Morgan fingerprint density at radius 1 is 1.37 bits per heavy atom. The molecule has 0 aliphatic heterocycles. The number of carbonyl (C=O) groups excluding carboxylic acids is 1. The van der Waals surface area contributed by atoms with Crippen LogP contribution in [-0.2, 0) is 0 Å². The van der Waals surface area contributed by atoms with Gasteiger partial charge >= 0.3 is 6.01 Å². The molecule has 19 heavy (non-hydrogen) atoms. The summed E-state index contributed by atoms with van der Waals surface area (Å²) in [4.78, 5) is 15.9. The van der Waals surface area contributed by atoms with Crippen molar-refractivity contribution in [3.05, 3.63) is 29.8 Å². The van der Waals surface area contributed by atoms with Crippen molar-refractivity contribution < 1.29 is 14.3 Å². The molecule has 0 radical (unpaired) electrons. The van der Waals surface area contributed by atoms with Gasteiger partial charge in [-0.3, -0.25) is 10.1 Å². The van der Waals surface area contributed by atoms with Crippen LogP contribution in [0.15, 0.2) is 24.3 Å². The van der Waals surface area contributed by atoms with Crippen molar-refractivity contribution in [1.29, 1.82) is 0 Å². The zero-order valence-electron chi connectivity index (χ0n) is 10.6. The van der Waals surface area contributed by atoms with E-state index in [1.54, 1.807) is 31.4 Å². The molecular weight excluding hydrogens is 248 g/mol. The lowest BCUT2D eigenvalue weighted by atomic mass is 10.2. The van der Waals surface area contributed by atoms with Crippen molar-refractivity contribution in [3.8, 4) is 11.8 Å². The number of anilines is 1. The predicted octanol–water partition coefficient (Wildman–Crippen LogP) is 1.46. The molecule has 2 aromatic rings. The molecule has 0 saturated carbocycles. The zero-order valence-corrected chi connectivity index (χ0v) is 10.6. The maximum absolute atomic E-state index is 11.9. The molecule has 0 spiro atoms. The van der Waals surface area contributed by atoms with E-state index in [1.807, 2.05) is 6.92 Å². The number of nitrogens with zero attached hydrogens (tertiary/aromatic N) is 2. The van der Waals surface area contributed by atoms with Crippen LogP contribution in [0.3, 0.4) is 0 Å². The van der Waals surface area contributed by atoms with E-state index in [0.29, 0.717) is 17.9 Å². The minimum atomic E-state index is -0.290. The van der Waals surface area contributed by atoms with Gasteiger partial charge in [0.15, 0.2) is 0 Å². The number of amides is 1. The Hall–Kier alpha value is -2.57. The average Bonchev–Trinajstić information content (AvgIpc) is 2.86. The highest BCUT2D eigenvalue weighted by Crippen LogP contribution is 2.13. The van der Waals surface area contributed by atoms with Gasteiger partial charge in [-0.25, -0.2) is 5.10 Å². The first-order chi connectivity index (χ1) is 9.22. The Morgan fingerprint density at radius 2 is 2.11 bits per heavy atom. The smallest absolute Gasteiger partial charge is 0.337 e. The van der Waals surface area contributed by atoms with Gasteiger partial charge in [0.1, 0.15) is 5.75 Å². The monoisotopic (exact) mass is 262 g/mol. The number of methoxy groups -OCH3 is 1. The molecule has 1 aromatic heterocycles. The van der Waals surface area contributed by atoms with E-state index < -0.39 is 0 Å². The second-order valence-corrected chi connectivity index (χ2v) is 3.58. The van der Waals surface area contributed by atoms with E-state index >= 15 is 0 Å². The number of aromatic nitrogens is 3. The first kappa shape index (κ1) is 12.9. The summed E-state index contributed by atoms with van der Waals surface area (Å²) in [5, 5.41) is 8.94. The predicted molar refractivity (Wildman–Crippen MR) is 68.5 cm³/mol. The second-order valence-electron chi connectivity index (χ2n) is 3.58. The summed E-state index contributed by atoms with van der Waals surface area (Å²) >= 11 is 0. The Balaban J connectivity index is 2.02. The van der Waals surface area contributed by atoms with E-state index in [2.05, 4.69) is 20.5 Å². The normalized spacial score (nSPS) is 10.0. The van der Waals surface area contributed by atoms with Crippen LogP contribution in [0.2, 0.25) is 0 Å². The number of hydrogen-bond acceptors (Lipinski definition) is 5. The van der Waals surface area contributed by atoms with Gasteiger partial charge in [-0.05, 0) is 31.2 Å². The molecule has 0 aliphatic rings. The summed E-state index contributed by atoms with van der Waals surface area (Å²) in [6.45, 7) is 2.29. The highest BCUT2D eigenvalue weighted by Gasteiger charge is 2.09. The Bertz CT molecular complexity index is 550. The van der Waals surface area contributed by atoms with Gasteiger partial charge in [-0.15, -0.1) is 5.10 Å². The molecule has 1 heterocycles. The van der Waals surface area contributed by atoms with Crippen LogP contribution in [0.25, 0.3) is 0 Å². The largest absolute Gasteiger partial charge is 0.497 e. The molecule has 2 N–H and O–H groups in total. The van der Waals surface area contributed by atoms with Gasteiger partial charge < -0.3 is 9.47 Å². The van der Waals surface area contributed by atoms with Crippen LogP contribution in [0.4, 0.5) is 5.95 Å². The number of H-pyrrole nitrogens is 1. The number of rotatable bonds is 5. The summed E-state index contributed by atoms with van der Waals surface area (Å²) in [6.07, 6.45) is 0. The quantitative estimate of drug-likeness (QED) is 0.851. The highest BCUT2D eigenvalue weighted by atomic mass is 16.5. The van der Waals surface area contributed by atoms with Gasteiger partial charge in [0.2, 0.25) is 5.95 Å². The molecule has 0 fully saturated rings. The van der Waals surface area contributed by atoms with E-state index in [9.17, 15) is 4.79 Å². The molecule has 100 valence electrons. The number of benzene rings is 1. The third-order valence-corrected chi connectivity index (χ3v) is 2.32. The molecule has 7 heteroatoms. The summed E-state index contributed by atoms with van der Waals surface area (Å²) in [5.41, 5.74) is 0.496. The third-order valence-electron chi connectivity index (χ3n) is 2.32. The van der Waals surface area contributed by atoms with Crippen LogP contribution < -0.4 is 14.8 Å². The van der Waals surface area contributed by atoms with E-state index in [-0.39, 0.29) is 17.9 Å². The third kappa shape index (κ3) is 3.21. The first-order valence-electron chi connectivity index (χ1n) is 5.73. The zero-order chi connectivity index (χ0) is 13.7. The number of carbonyl (C=O) groups is 1. The van der Waals surface area contributed by atoms with Gasteiger partial charge in [-0.2, -0.15) is 4.98 Å². The molecule has 2 rings (SSSR count). The maximum atomic E-state index is 11.9. The minimum absolute atomic E-state index is 0.201. The van der Waals surface area contributed by atoms with Crippen molar-refractivity contribution in [3.63, 3.8) is 0 Å². The number of hydrogen-bond donors (Lipinski definition) is 2. The average molecular weight is 262 g/mol. The van der Waals surface area contributed by atoms with Crippen LogP contribution in [0, 0.1) is 0 Å². The Kier molecular flexibility index (Phi) is 3.97. The van der Waals surface area contributed by atoms with Gasteiger partial charge in [0.05, 0.1) is 13.7 Å². The SMILES string of the molecule is CCOc1n[nH]c(NC(=O)c2ccc(OC)cc2)n1. The Labute approximate surface area is 110 Å². The van der Waals surface area contributed by atoms with Crippen LogP contribution >= 0.6 is 0 Å². The molecule has 0 unspecified atom stereocenters. The Morgan fingerprint density at radius 3 is 2.74 bits per heavy atom. The molecule has 7 nitrogen and oxygen atoms in total. The number of nitrogens with one attached hydrogen (secondary N) is 2. The summed E-state index contributed by atoms with van der Waals surface area (Å²) < 4.78 is 10.1. The van der Waals surface area contributed by atoms with Gasteiger partial charge in [0.25, 0.3) is 5.91 Å². The highest BCUT2D eigenvalue weighted by molar-refractivity contribution is 6.03. The molecule has 1 aromatic carbocycles. The van der Waals surface area contributed by atoms with Gasteiger partial charge in [0, 0.05) is 5.56 Å². The minimum Gasteiger partial charge on any atom is -0.497 e. The van der Waals surface area contributed by atoms with E-state index in [1.165, 1.54) is 0 Å². The fraction of sp³-hybridized carbons (Fsp3) is 0.250. The number of aromatic amines is 1. The van der Waals surface area contributed by atoms with E-state index in [4.69, 9.17) is 9.47 Å². The van der Waals surface area contributed by atoms with Crippen molar-refractivity contribution in [1.82, 2.24) is 15.2 Å². The molecule has 0 bridgehead atoms. The maximum Gasteiger partial charge on any atom is 0.337 e.